The molecule has 0 spiro atoms. The van der Waals surface area contributed by atoms with Crippen LogP contribution < -0.4 is 9.47 Å². The first kappa shape index (κ1) is 39.4. The monoisotopic (exact) mass is 758 g/mol. The fourth-order valence-corrected chi connectivity index (χ4v) is 6.42. The third-order valence-corrected chi connectivity index (χ3v) is 9.59. The van der Waals surface area contributed by atoms with Crippen LogP contribution in [-0.2, 0) is 23.7 Å². The molecule has 6 rings (SSSR count). The third kappa shape index (κ3) is 7.80. The van der Waals surface area contributed by atoms with E-state index in [1.54, 1.807) is 0 Å². The van der Waals surface area contributed by atoms with E-state index < -0.39 is 135 Å². The minimum Gasteiger partial charge on any atom is -0.508 e. The molecule has 53 heavy (non-hydrogen) atoms. The van der Waals surface area contributed by atoms with E-state index in [2.05, 4.69) is 0 Å². The van der Waals surface area contributed by atoms with Crippen LogP contribution >= 0.6 is 0 Å². The molecule has 3 saturated heterocycles. The van der Waals surface area contributed by atoms with Gasteiger partial charge in [-0.3, -0.25) is 4.79 Å². The third-order valence-electron chi connectivity index (χ3n) is 9.59. The maximum Gasteiger partial charge on any atom is 0.203 e. The second-order valence-electron chi connectivity index (χ2n) is 13.2. The summed E-state index contributed by atoms with van der Waals surface area (Å²) in [5.74, 6) is -2.03. The molecule has 294 valence electrons. The summed E-state index contributed by atoms with van der Waals surface area (Å²) in [7, 11) is 0. The molecule has 20 nitrogen and oxygen atoms in total. The minimum absolute atomic E-state index is 0.113. The Hall–Kier alpha value is -3.29. The number of carbonyl (C=O) groups excluding carboxylic acids is 1. The number of rotatable bonds is 9. The SMILES string of the molecule is C[C@@H]1O[C@@H](OC[C@H]2O[C@@H](OC3C(=O)c4c(O)cc(OC[C@@H]5O[C@@H](O)[C@H](O)[C@H](O)[C@H]5O)cc4OC3c3ccc(O)cc3)[C@H](O)[C@@H](O)[C@H]2O)[C@H](O)[C@H](O)[C@H]1O. The number of benzene rings is 2. The summed E-state index contributed by atoms with van der Waals surface area (Å²) >= 11 is 0. The van der Waals surface area contributed by atoms with Crippen molar-refractivity contribution in [3.8, 4) is 23.0 Å². The normalized spacial score (nSPS) is 41.7. The number of phenols is 2. The number of hydrogen-bond acceptors (Lipinski definition) is 20. The van der Waals surface area contributed by atoms with E-state index in [1.807, 2.05) is 0 Å². The summed E-state index contributed by atoms with van der Waals surface area (Å²) in [6, 6.07) is 7.62. The number of ether oxygens (including phenoxy) is 7. The van der Waals surface area contributed by atoms with E-state index >= 15 is 0 Å². The first-order valence-corrected chi connectivity index (χ1v) is 16.6. The van der Waals surface area contributed by atoms with Crippen molar-refractivity contribution >= 4 is 5.78 Å². The molecule has 0 amide bonds. The lowest BCUT2D eigenvalue weighted by atomic mass is 9.92. The van der Waals surface area contributed by atoms with Gasteiger partial charge in [0.1, 0.15) is 102 Å². The number of carbonyl (C=O) groups is 1. The lowest BCUT2D eigenvalue weighted by molar-refractivity contribution is -0.333. The van der Waals surface area contributed by atoms with Gasteiger partial charge in [-0.05, 0) is 24.6 Å². The minimum atomic E-state index is -1.95. The molecule has 4 aliphatic rings. The Bertz CT molecular complexity index is 1580. The molecule has 12 N–H and O–H groups in total. The molecule has 17 atom stereocenters. The molecule has 20 heteroatoms. The van der Waals surface area contributed by atoms with E-state index in [9.17, 15) is 66.1 Å². The lowest BCUT2D eigenvalue weighted by Gasteiger charge is -2.44. The predicted octanol–water partition coefficient (Wildman–Crippen LogP) is -4.37. The van der Waals surface area contributed by atoms with Crippen LogP contribution in [0.15, 0.2) is 36.4 Å². The van der Waals surface area contributed by atoms with Gasteiger partial charge in [0.2, 0.25) is 5.78 Å². The molecule has 3 fully saturated rings. The van der Waals surface area contributed by atoms with E-state index in [4.69, 9.17) is 33.2 Å². The number of Topliss-reactive ketones (excluding diaryl/α,β-unsaturated/α-hetero) is 1. The van der Waals surface area contributed by atoms with Gasteiger partial charge in [-0.2, -0.15) is 0 Å². The second-order valence-corrected chi connectivity index (χ2v) is 13.2. The highest BCUT2D eigenvalue weighted by Crippen LogP contribution is 2.44. The van der Waals surface area contributed by atoms with Crippen molar-refractivity contribution in [2.24, 2.45) is 0 Å². The van der Waals surface area contributed by atoms with E-state index in [0.717, 1.165) is 6.07 Å². The maximum atomic E-state index is 14.1. The van der Waals surface area contributed by atoms with E-state index in [-0.39, 0.29) is 22.8 Å². The smallest absolute Gasteiger partial charge is 0.203 e. The number of ketones is 1. The molecule has 0 bridgehead atoms. The Balaban J connectivity index is 1.22. The zero-order chi connectivity index (χ0) is 38.5. The molecule has 0 aromatic heterocycles. The van der Waals surface area contributed by atoms with Crippen LogP contribution in [0.2, 0.25) is 0 Å². The fourth-order valence-electron chi connectivity index (χ4n) is 6.42. The zero-order valence-corrected chi connectivity index (χ0v) is 27.8. The maximum absolute atomic E-state index is 14.1. The first-order valence-electron chi connectivity index (χ1n) is 16.6. The van der Waals surface area contributed by atoms with Crippen molar-refractivity contribution in [3.05, 3.63) is 47.5 Å². The van der Waals surface area contributed by atoms with Gasteiger partial charge in [0, 0.05) is 12.1 Å². The average Bonchev–Trinajstić information content (AvgIpc) is 3.13. The highest BCUT2D eigenvalue weighted by molar-refractivity contribution is 6.05. The molecule has 2 unspecified atom stereocenters. The first-order chi connectivity index (χ1) is 25.1. The van der Waals surface area contributed by atoms with Crippen molar-refractivity contribution in [2.45, 2.75) is 111 Å². The number of phenolic OH excluding ortho intramolecular Hbond substituents is 2. The second kappa shape index (κ2) is 15.8. The van der Waals surface area contributed by atoms with Gasteiger partial charge in [-0.1, -0.05) is 12.1 Å². The number of hydrogen-bond donors (Lipinski definition) is 12. The van der Waals surface area contributed by atoms with Crippen LogP contribution in [0.5, 0.6) is 23.0 Å². The Labute approximate surface area is 300 Å². The average molecular weight is 759 g/mol. The zero-order valence-electron chi connectivity index (χ0n) is 27.8. The van der Waals surface area contributed by atoms with Crippen molar-refractivity contribution < 1.29 is 99.2 Å². The van der Waals surface area contributed by atoms with Gasteiger partial charge < -0.3 is 94.4 Å². The molecule has 2 aromatic rings. The van der Waals surface area contributed by atoms with Gasteiger partial charge in [0.15, 0.2) is 31.1 Å². The molecule has 4 heterocycles. The fraction of sp³-hybridized carbons (Fsp3) is 0.606. The number of aliphatic hydroxyl groups excluding tert-OH is 10. The molecule has 0 radical (unpaired) electrons. The summed E-state index contributed by atoms with van der Waals surface area (Å²) in [6.45, 7) is 0.323. The molecular weight excluding hydrogens is 716 g/mol. The molecule has 0 saturated carbocycles. The van der Waals surface area contributed by atoms with Crippen molar-refractivity contribution in [3.63, 3.8) is 0 Å². The summed E-state index contributed by atoms with van der Waals surface area (Å²) < 4.78 is 39.4. The highest BCUT2D eigenvalue weighted by Gasteiger charge is 2.50. The summed E-state index contributed by atoms with van der Waals surface area (Å²) in [5.41, 5.74) is -0.147. The van der Waals surface area contributed by atoms with Crippen molar-refractivity contribution in [2.75, 3.05) is 13.2 Å². The van der Waals surface area contributed by atoms with Gasteiger partial charge in [0.25, 0.3) is 0 Å². The number of aliphatic hydroxyl groups is 10. The predicted molar refractivity (Wildman–Crippen MR) is 168 cm³/mol. The van der Waals surface area contributed by atoms with Crippen molar-refractivity contribution in [1.29, 1.82) is 0 Å². The molecular formula is C33H42O20. The van der Waals surface area contributed by atoms with Gasteiger partial charge >= 0.3 is 0 Å². The standard InChI is InChI=1S/C33H42O20/c1-10-19(36)23(40)27(44)32(49-10)48-9-17-21(38)25(42)28(45)33(52-17)53-30-22(39)18-14(35)6-13(47-8-16-20(37)24(41)26(43)31(46)51-16)7-15(18)50-29(30)11-2-4-12(34)5-3-11/h2-7,10,16-17,19-21,23-38,40-46H,8-9H2,1H3/t10-,16-,17+,19-,20-,21-,23+,24+,25-,26+,27+,28+,29?,30?,31+,32+,33-/m0/s1. The van der Waals surface area contributed by atoms with Crippen LogP contribution in [0.4, 0.5) is 0 Å². The molecule has 2 aromatic carbocycles. The van der Waals surface area contributed by atoms with Crippen LogP contribution in [-0.4, -0.2) is 178 Å². The van der Waals surface area contributed by atoms with Crippen LogP contribution in [0.25, 0.3) is 0 Å². The Morgan fingerprint density at radius 1 is 0.660 bits per heavy atom. The van der Waals surface area contributed by atoms with E-state index in [0.29, 0.717) is 0 Å². The van der Waals surface area contributed by atoms with Gasteiger partial charge in [-0.25, -0.2) is 0 Å². The topological polar surface area (TPSA) is 324 Å². The molecule has 4 aliphatic heterocycles. The lowest BCUT2D eigenvalue weighted by Crippen LogP contribution is -2.62. The summed E-state index contributed by atoms with van der Waals surface area (Å²) in [6.07, 6.45) is -27.6. The van der Waals surface area contributed by atoms with Crippen molar-refractivity contribution in [1.82, 2.24) is 0 Å². The van der Waals surface area contributed by atoms with Crippen LogP contribution in [0, 0.1) is 0 Å². The quantitative estimate of drug-likeness (QED) is 0.115. The van der Waals surface area contributed by atoms with Crippen LogP contribution in [0.3, 0.4) is 0 Å². The largest absolute Gasteiger partial charge is 0.508 e. The van der Waals surface area contributed by atoms with Gasteiger partial charge in [-0.15, -0.1) is 0 Å². The van der Waals surface area contributed by atoms with Crippen LogP contribution in [0.1, 0.15) is 28.9 Å². The van der Waals surface area contributed by atoms with E-state index in [1.165, 1.54) is 37.3 Å². The highest BCUT2D eigenvalue weighted by atomic mass is 16.7. The molecule has 0 aliphatic carbocycles. The summed E-state index contributed by atoms with van der Waals surface area (Å²) in [4.78, 5) is 14.1. The number of aromatic hydroxyl groups is 2. The van der Waals surface area contributed by atoms with Gasteiger partial charge in [0.05, 0.1) is 12.7 Å². The number of fused-ring (bicyclic) bond motifs is 1. The Morgan fingerprint density at radius 3 is 1.94 bits per heavy atom. The Kier molecular flexibility index (Phi) is 11.8. The Morgan fingerprint density at radius 2 is 1.26 bits per heavy atom. The summed E-state index contributed by atoms with van der Waals surface area (Å²) in [5, 5.41) is 123.